The van der Waals surface area contributed by atoms with Gasteiger partial charge in [-0.1, -0.05) is 42.0 Å². The van der Waals surface area contributed by atoms with Gasteiger partial charge in [0.25, 0.3) is 0 Å². The minimum atomic E-state index is -0.130. The quantitative estimate of drug-likeness (QED) is 0.838. The van der Waals surface area contributed by atoms with Crippen molar-refractivity contribution >= 4 is 5.91 Å². The van der Waals surface area contributed by atoms with Crippen LogP contribution in [0.15, 0.2) is 30.3 Å². The molecule has 1 amide bonds. The fourth-order valence-corrected chi connectivity index (χ4v) is 3.66. The summed E-state index contributed by atoms with van der Waals surface area (Å²) >= 11 is 0. The van der Waals surface area contributed by atoms with E-state index in [1.807, 2.05) is 47.0 Å². The third-order valence-corrected chi connectivity index (χ3v) is 5.38. The molecule has 1 unspecified atom stereocenters. The van der Waals surface area contributed by atoms with E-state index < -0.39 is 0 Å². The summed E-state index contributed by atoms with van der Waals surface area (Å²) < 4.78 is 7.79. The van der Waals surface area contributed by atoms with Crippen molar-refractivity contribution in [3.8, 4) is 0 Å². The van der Waals surface area contributed by atoms with Crippen LogP contribution in [0.1, 0.15) is 42.3 Å². The third kappa shape index (κ3) is 3.18. The molecule has 25 heavy (non-hydrogen) atoms. The van der Waals surface area contributed by atoms with E-state index in [-0.39, 0.29) is 17.9 Å². The summed E-state index contributed by atoms with van der Waals surface area (Å²) in [4.78, 5) is 14.8. The first-order chi connectivity index (χ1) is 12.2. The Bertz CT molecular complexity index is 739. The van der Waals surface area contributed by atoms with Crippen LogP contribution in [0.3, 0.4) is 0 Å². The average Bonchev–Trinajstić information content (AvgIpc) is 2.96. The highest BCUT2D eigenvalue weighted by Gasteiger charge is 2.38. The predicted octanol–water partition coefficient (Wildman–Crippen LogP) is 2.26. The second-order valence-corrected chi connectivity index (χ2v) is 6.97. The van der Waals surface area contributed by atoms with E-state index in [1.54, 1.807) is 0 Å². The Hall–Kier alpha value is -2.21. The van der Waals surface area contributed by atoms with Crippen LogP contribution in [0.2, 0.25) is 0 Å². The van der Waals surface area contributed by atoms with E-state index in [9.17, 15) is 4.79 Å². The molecular weight excluding hydrogens is 316 g/mol. The van der Waals surface area contributed by atoms with Crippen LogP contribution >= 0.6 is 0 Å². The van der Waals surface area contributed by atoms with E-state index in [2.05, 4.69) is 10.3 Å². The average molecular weight is 340 g/mol. The molecule has 6 nitrogen and oxygen atoms in total. The summed E-state index contributed by atoms with van der Waals surface area (Å²) in [6.07, 6.45) is 4.00. The fourth-order valence-electron chi connectivity index (χ4n) is 3.66. The maximum atomic E-state index is 12.9. The molecule has 0 N–H and O–H groups in total. The Balaban J connectivity index is 1.50. The minimum absolute atomic E-state index is 0.130. The molecule has 1 aliphatic heterocycles. The molecular formula is C19H24N4O2. The Labute approximate surface area is 147 Å². The van der Waals surface area contributed by atoms with Gasteiger partial charge < -0.3 is 9.64 Å². The lowest BCUT2D eigenvalue weighted by atomic mass is 9.83. The van der Waals surface area contributed by atoms with Crippen LogP contribution in [-0.2, 0) is 29.6 Å². The SMILES string of the molecule is Cn1nnc2c1CCN(C(=O)C1CCC1)C2COCc1ccccc1. The van der Waals surface area contributed by atoms with E-state index in [4.69, 9.17) is 4.74 Å². The summed E-state index contributed by atoms with van der Waals surface area (Å²) in [5.74, 6) is 0.450. The lowest BCUT2D eigenvalue weighted by molar-refractivity contribution is -0.143. The van der Waals surface area contributed by atoms with Crippen LogP contribution in [0.25, 0.3) is 0 Å². The Morgan fingerprint density at radius 3 is 2.80 bits per heavy atom. The normalized spacial score (nSPS) is 20.2. The van der Waals surface area contributed by atoms with Crippen LogP contribution in [-0.4, -0.2) is 39.0 Å². The van der Waals surface area contributed by atoms with Crippen molar-refractivity contribution in [2.75, 3.05) is 13.2 Å². The zero-order valence-electron chi connectivity index (χ0n) is 14.6. The van der Waals surface area contributed by atoms with Gasteiger partial charge in [0.2, 0.25) is 5.91 Å². The number of carbonyl (C=O) groups is 1. The highest BCUT2D eigenvalue weighted by atomic mass is 16.5. The first kappa shape index (κ1) is 16.3. The van der Waals surface area contributed by atoms with E-state index >= 15 is 0 Å². The lowest BCUT2D eigenvalue weighted by Gasteiger charge is -2.38. The highest BCUT2D eigenvalue weighted by molar-refractivity contribution is 5.80. The monoisotopic (exact) mass is 340 g/mol. The number of aryl methyl sites for hydroxylation is 1. The van der Waals surface area contributed by atoms with Crippen molar-refractivity contribution in [3.05, 3.63) is 47.3 Å². The van der Waals surface area contributed by atoms with E-state index in [1.165, 1.54) is 0 Å². The molecule has 0 bridgehead atoms. The van der Waals surface area contributed by atoms with Crippen LogP contribution in [0.4, 0.5) is 0 Å². The number of nitrogens with zero attached hydrogens (tertiary/aromatic N) is 4. The number of fused-ring (bicyclic) bond motifs is 1. The van der Waals surface area contributed by atoms with Crippen molar-refractivity contribution in [2.45, 2.75) is 38.3 Å². The van der Waals surface area contributed by atoms with Crippen LogP contribution in [0.5, 0.6) is 0 Å². The molecule has 1 fully saturated rings. The third-order valence-electron chi connectivity index (χ3n) is 5.38. The smallest absolute Gasteiger partial charge is 0.226 e. The number of rotatable bonds is 5. The molecule has 1 atom stereocenters. The van der Waals surface area contributed by atoms with Crippen molar-refractivity contribution in [3.63, 3.8) is 0 Å². The summed E-state index contributed by atoms with van der Waals surface area (Å²) in [5, 5.41) is 8.50. The van der Waals surface area contributed by atoms with Gasteiger partial charge >= 0.3 is 0 Å². The molecule has 0 spiro atoms. The van der Waals surface area contributed by atoms with Gasteiger partial charge in [0.15, 0.2) is 0 Å². The van der Waals surface area contributed by atoms with Gasteiger partial charge in [0, 0.05) is 25.9 Å². The second kappa shape index (κ2) is 6.96. The maximum Gasteiger partial charge on any atom is 0.226 e. The first-order valence-electron chi connectivity index (χ1n) is 9.04. The fraction of sp³-hybridized carbons (Fsp3) is 0.526. The Kier molecular flexibility index (Phi) is 4.53. The molecule has 4 rings (SSSR count). The number of ether oxygens (including phenoxy) is 1. The number of hydrogen-bond donors (Lipinski definition) is 0. The molecule has 1 aliphatic carbocycles. The Morgan fingerprint density at radius 1 is 1.28 bits per heavy atom. The van der Waals surface area contributed by atoms with Gasteiger partial charge in [0.1, 0.15) is 11.7 Å². The first-order valence-corrected chi connectivity index (χ1v) is 9.04. The summed E-state index contributed by atoms with van der Waals surface area (Å²) in [6.45, 7) is 1.72. The molecule has 1 aromatic carbocycles. The molecule has 0 radical (unpaired) electrons. The van der Waals surface area contributed by atoms with Crippen molar-refractivity contribution in [1.82, 2.24) is 19.9 Å². The maximum absolute atomic E-state index is 12.9. The van der Waals surface area contributed by atoms with Crippen LogP contribution < -0.4 is 0 Å². The second-order valence-electron chi connectivity index (χ2n) is 6.97. The van der Waals surface area contributed by atoms with Gasteiger partial charge in [-0.05, 0) is 18.4 Å². The summed E-state index contributed by atoms with van der Waals surface area (Å²) in [5.41, 5.74) is 3.15. The molecule has 0 saturated heterocycles. The highest BCUT2D eigenvalue weighted by Crippen LogP contribution is 2.34. The molecule has 1 aromatic heterocycles. The Morgan fingerprint density at radius 2 is 2.08 bits per heavy atom. The van der Waals surface area contributed by atoms with Crippen molar-refractivity contribution in [2.24, 2.45) is 13.0 Å². The van der Waals surface area contributed by atoms with Gasteiger partial charge in [-0.3, -0.25) is 9.48 Å². The minimum Gasteiger partial charge on any atom is -0.374 e. The standard InChI is InChI=1S/C19H24N4O2/c1-22-16-10-11-23(19(24)15-8-5-9-15)17(18(16)20-21-22)13-25-12-14-6-3-2-4-7-14/h2-4,6-7,15,17H,5,8-13H2,1H3. The summed E-state index contributed by atoms with van der Waals surface area (Å²) in [6, 6.07) is 9.97. The van der Waals surface area contributed by atoms with Gasteiger partial charge in [-0.25, -0.2) is 0 Å². The van der Waals surface area contributed by atoms with Crippen LogP contribution in [0, 0.1) is 5.92 Å². The predicted molar refractivity (Wildman–Crippen MR) is 92.6 cm³/mol. The van der Waals surface area contributed by atoms with Gasteiger partial charge in [0.05, 0.1) is 18.9 Å². The molecule has 2 heterocycles. The van der Waals surface area contributed by atoms with Gasteiger partial charge in [-0.2, -0.15) is 0 Å². The molecule has 132 valence electrons. The molecule has 2 aromatic rings. The lowest BCUT2D eigenvalue weighted by Crippen LogP contribution is -2.46. The molecule has 2 aliphatic rings. The largest absolute Gasteiger partial charge is 0.374 e. The number of hydrogen-bond acceptors (Lipinski definition) is 4. The van der Waals surface area contributed by atoms with Crippen molar-refractivity contribution < 1.29 is 9.53 Å². The number of aromatic nitrogens is 3. The number of amides is 1. The number of carbonyl (C=O) groups excluding carboxylic acids is 1. The van der Waals surface area contributed by atoms with Crippen molar-refractivity contribution in [1.29, 1.82) is 0 Å². The topological polar surface area (TPSA) is 60.2 Å². The molecule has 6 heteroatoms. The zero-order chi connectivity index (χ0) is 17.2. The van der Waals surface area contributed by atoms with E-state index in [0.717, 1.165) is 49.2 Å². The molecule has 1 saturated carbocycles. The zero-order valence-corrected chi connectivity index (χ0v) is 14.6. The van der Waals surface area contributed by atoms with E-state index in [0.29, 0.717) is 13.2 Å². The summed E-state index contributed by atoms with van der Waals surface area (Å²) in [7, 11) is 1.91. The van der Waals surface area contributed by atoms with Gasteiger partial charge in [-0.15, -0.1) is 5.10 Å². The number of benzene rings is 1.